The van der Waals surface area contributed by atoms with E-state index in [0.29, 0.717) is 5.92 Å². The fourth-order valence-corrected chi connectivity index (χ4v) is 5.86. The highest BCUT2D eigenvalue weighted by molar-refractivity contribution is 6.30. The first-order valence-electron chi connectivity index (χ1n) is 13.0. The van der Waals surface area contributed by atoms with Crippen molar-refractivity contribution in [2.24, 2.45) is 0 Å². The minimum atomic E-state index is 0.0123. The number of piperazine rings is 1. The second-order valence-electron chi connectivity index (χ2n) is 10.4. The van der Waals surface area contributed by atoms with Crippen LogP contribution in [0.5, 0.6) is 0 Å². The summed E-state index contributed by atoms with van der Waals surface area (Å²) in [4.78, 5) is 19.9. The van der Waals surface area contributed by atoms with Gasteiger partial charge in [0.25, 0.3) is 0 Å². The average Bonchev–Trinajstić information content (AvgIpc) is 2.87. The number of hydrogen-bond acceptors (Lipinski definition) is 3. The molecule has 1 N–H and O–H groups in total. The van der Waals surface area contributed by atoms with Crippen molar-refractivity contribution in [2.45, 2.75) is 38.5 Å². The molecule has 3 aliphatic rings. The van der Waals surface area contributed by atoms with Crippen LogP contribution in [0.1, 0.15) is 48.8 Å². The van der Waals surface area contributed by atoms with Crippen LogP contribution in [0, 0.1) is 0 Å². The molecular formula is C29H37ClN4O. The fourth-order valence-electron chi connectivity index (χ4n) is 5.73. The highest BCUT2D eigenvalue weighted by atomic mass is 35.5. The summed E-state index contributed by atoms with van der Waals surface area (Å²) in [5, 5.41) is 3.93. The average molecular weight is 493 g/mol. The normalized spacial score (nSPS) is 20.1. The lowest BCUT2D eigenvalue weighted by atomic mass is 9.85. The number of anilines is 1. The lowest BCUT2D eigenvalue weighted by molar-refractivity contribution is 0.163. The minimum absolute atomic E-state index is 0.0123. The van der Waals surface area contributed by atoms with Gasteiger partial charge in [0.1, 0.15) is 0 Å². The van der Waals surface area contributed by atoms with Crippen LogP contribution in [-0.4, -0.2) is 73.6 Å². The van der Waals surface area contributed by atoms with Crippen molar-refractivity contribution in [1.29, 1.82) is 0 Å². The van der Waals surface area contributed by atoms with E-state index < -0.39 is 0 Å². The summed E-state index contributed by atoms with van der Waals surface area (Å²) >= 11 is 6.03. The maximum absolute atomic E-state index is 13.0. The predicted molar refractivity (Wildman–Crippen MR) is 145 cm³/mol. The maximum Gasteiger partial charge on any atom is 0.321 e. The molecule has 2 heterocycles. The molecule has 6 heteroatoms. The number of halogens is 1. The monoisotopic (exact) mass is 492 g/mol. The van der Waals surface area contributed by atoms with Crippen LogP contribution in [0.2, 0.25) is 5.02 Å². The van der Waals surface area contributed by atoms with E-state index in [4.69, 9.17) is 11.6 Å². The largest absolute Gasteiger partial charge is 0.324 e. The van der Waals surface area contributed by atoms with Crippen LogP contribution < -0.4 is 5.32 Å². The summed E-state index contributed by atoms with van der Waals surface area (Å²) in [5.41, 5.74) is 7.92. The zero-order valence-electron chi connectivity index (χ0n) is 21.0. The Labute approximate surface area is 214 Å². The van der Waals surface area contributed by atoms with Gasteiger partial charge >= 0.3 is 6.03 Å². The van der Waals surface area contributed by atoms with Gasteiger partial charge in [-0.05, 0) is 92.1 Å². The SMILES string of the molecule is CC1=C(CN2CCN(C)CC2)CCc2cc(NC(=O)N3CCC(c4ccc(Cl)cc4)CC3)ccc21. The smallest absolute Gasteiger partial charge is 0.321 e. The first-order chi connectivity index (χ1) is 17.0. The van der Waals surface area contributed by atoms with Gasteiger partial charge in [-0.15, -0.1) is 0 Å². The van der Waals surface area contributed by atoms with E-state index in [1.54, 1.807) is 5.57 Å². The van der Waals surface area contributed by atoms with Crippen molar-refractivity contribution in [1.82, 2.24) is 14.7 Å². The van der Waals surface area contributed by atoms with Crippen molar-refractivity contribution in [3.8, 4) is 0 Å². The zero-order chi connectivity index (χ0) is 24.4. The third-order valence-corrected chi connectivity index (χ3v) is 8.37. The molecule has 186 valence electrons. The van der Waals surface area contributed by atoms with Gasteiger partial charge in [0.15, 0.2) is 0 Å². The predicted octanol–water partition coefficient (Wildman–Crippen LogP) is 5.72. The maximum atomic E-state index is 13.0. The summed E-state index contributed by atoms with van der Waals surface area (Å²) in [7, 11) is 2.21. The Morgan fingerprint density at radius 2 is 1.69 bits per heavy atom. The van der Waals surface area contributed by atoms with Crippen LogP contribution in [0.25, 0.3) is 5.57 Å². The molecule has 2 aliphatic heterocycles. The van der Waals surface area contributed by atoms with Crippen LogP contribution in [0.15, 0.2) is 48.0 Å². The van der Waals surface area contributed by atoms with Gasteiger partial charge in [-0.1, -0.05) is 35.4 Å². The Kier molecular flexibility index (Phi) is 7.47. The third-order valence-electron chi connectivity index (χ3n) is 8.12. The van der Waals surface area contributed by atoms with Crippen molar-refractivity contribution in [3.05, 3.63) is 69.8 Å². The second kappa shape index (κ2) is 10.7. The topological polar surface area (TPSA) is 38.8 Å². The molecule has 2 amide bonds. The van der Waals surface area contributed by atoms with Crippen LogP contribution in [0.4, 0.5) is 10.5 Å². The quantitative estimate of drug-likeness (QED) is 0.593. The van der Waals surface area contributed by atoms with Gasteiger partial charge in [0, 0.05) is 56.5 Å². The molecule has 1 aliphatic carbocycles. The molecule has 0 aromatic heterocycles. The van der Waals surface area contributed by atoms with E-state index in [0.717, 1.165) is 82.2 Å². The Bertz CT molecular complexity index is 1080. The highest BCUT2D eigenvalue weighted by Gasteiger charge is 2.25. The van der Waals surface area contributed by atoms with Crippen LogP contribution in [0.3, 0.4) is 0 Å². The van der Waals surface area contributed by atoms with E-state index in [1.165, 1.54) is 22.3 Å². The molecule has 0 atom stereocenters. The van der Waals surface area contributed by atoms with Crippen molar-refractivity contribution >= 4 is 28.9 Å². The lowest BCUT2D eigenvalue weighted by Crippen LogP contribution is -2.45. The number of piperidine rings is 1. The number of carbonyl (C=O) groups is 1. The summed E-state index contributed by atoms with van der Waals surface area (Å²) in [6, 6.07) is 14.6. The number of urea groups is 1. The molecule has 0 saturated carbocycles. The molecule has 0 radical (unpaired) electrons. The number of allylic oxidation sites excluding steroid dienone is 1. The van der Waals surface area contributed by atoms with Crippen molar-refractivity contribution < 1.29 is 4.79 Å². The number of nitrogens with zero attached hydrogens (tertiary/aromatic N) is 3. The number of fused-ring (bicyclic) bond motifs is 1. The lowest BCUT2D eigenvalue weighted by Gasteiger charge is -2.34. The van der Waals surface area contributed by atoms with E-state index >= 15 is 0 Å². The number of amides is 2. The number of hydrogen-bond donors (Lipinski definition) is 1. The number of carbonyl (C=O) groups excluding carboxylic acids is 1. The molecule has 0 unspecified atom stereocenters. The Morgan fingerprint density at radius 3 is 2.40 bits per heavy atom. The molecular weight excluding hydrogens is 456 g/mol. The number of likely N-dealkylation sites (N-methyl/N-ethyl adjacent to an activating group) is 1. The summed E-state index contributed by atoms with van der Waals surface area (Å²) in [6.45, 7) is 9.54. The molecule has 5 rings (SSSR count). The molecule has 0 spiro atoms. The highest BCUT2D eigenvalue weighted by Crippen LogP contribution is 2.34. The molecule has 2 saturated heterocycles. The van der Waals surface area contributed by atoms with Crippen LogP contribution >= 0.6 is 11.6 Å². The minimum Gasteiger partial charge on any atom is -0.324 e. The van der Waals surface area contributed by atoms with E-state index in [1.807, 2.05) is 17.0 Å². The van der Waals surface area contributed by atoms with Gasteiger partial charge in [-0.2, -0.15) is 0 Å². The van der Waals surface area contributed by atoms with Gasteiger partial charge in [-0.25, -0.2) is 4.79 Å². The van der Waals surface area contributed by atoms with Gasteiger partial charge in [0.05, 0.1) is 0 Å². The number of rotatable bonds is 4. The number of likely N-dealkylation sites (tertiary alicyclic amines) is 1. The van der Waals surface area contributed by atoms with E-state index in [2.05, 4.69) is 59.4 Å². The van der Waals surface area contributed by atoms with Gasteiger partial charge < -0.3 is 15.1 Å². The fraction of sp³-hybridized carbons (Fsp3) is 0.483. The summed E-state index contributed by atoms with van der Waals surface area (Å²) in [5.74, 6) is 0.495. The molecule has 0 bridgehead atoms. The Hall–Kier alpha value is -2.34. The zero-order valence-corrected chi connectivity index (χ0v) is 21.8. The Balaban J connectivity index is 1.17. The summed E-state index contributed by atoms with van der Waals surface area (Å²) in [6.07, 6.45) is 4.13. The van der Waals surface area contributed by atoms with Gasteiger partial charge in [-0.3, -0.25) is 4.90 Å². The number of nitrogens with one attached hydrogen (secondary N) is 1. The van der Waals surface area contributed by atoms with E-state index in [9.17, 15) is 4.79 Å². The van der Waals surface area contributed by atoms with E-state index in [-0.39, 0.29) is 6.03 Å². The summed E-state index contributed by atoms with van der Waals surface area (Å²) < 4.78 is 0. The number of aryl methyl sites for hydroxylation is 1. The number of benzene rings is 2. The Morgan fingerprint density at radius 1 is 0.971 bits per heavy atom. The molecule has 2 aromatic rings. The molecule has 5 nitrogen and oxygen atoms in total. The first kappa shape index (κ1) is 24.4. The molecule has 2 fully saturated rings. The van der Waals surface area contributed by atoms with Crippen molar-refractivity contribution in [3.63, 3.8) is 0 Å². The van der Waals surface area contributed by atoms with Gasteiger partial charge in [0.2, 0.25) is 0 Å². The molecule has 2 aromatic carbocycles. The van der Waals surface area contributed by atoms with Crippen LogP contribution in [-0.2, 0) is 6.42 Å². The second-order valence-corrected chi connectivity index (χ2v) is 10.9. The van der Waals surface area contributed by atoms with Crippen molar-refractivity contribution in [2.75, 3.05) is 58.2 Å². The standard InChI is InChI=1S/C29H37ClN4O/c1-21-25(20-33-17-15-32(2)16-18-33)4-3-24-19-27(9-10-28(21)24)31-29(35)34-13-11-23(12-14-34)22-5-7-26(30)8-6-22/h5-10,19,23H,3-4,11-18,20H2,1-2H3,(H,31,35). The molecule has 35 heavy (non-hydrogen) atoms. The third kappa shape index (κ3) is 5.74. The first-order valence-corrected chi connectivity index (χ1v) is 13.4.